The first kappa shape index (κ1) is 15.6. The predicted octanol–water partition coefficient (Wildman–Crippen LogP) is 4.32. The number of nitrogens with one attached hydrogen (secondary N) is 1. The van der Waals surface area contributed by atoms with Crippen molar-refractivity contribution in [1.82, 2.24) is 5.32 Å². The maximum atomic E-state index is 12.2. The average molecular weight is 302 g/mol. The Balaban J connectivity index is 1.85. The summed E-state index contributed by atoms with van der Waals surface area (Å²) in [6.07, 6.45) is 1.74. The van der Waals surface area contributed by atoms with E-state index >= 15 is 0 Å². The van der Waals surface area contributed by atoms with Crippen molar-refractivity contribution < 1.29 is 4.79 Å². The van der Waals surface area contributed by atoms with Crippen LogP contribution >= 0.6 is 11.6 Å². The van der Waals surface area contributed by atoms with Crippen LogP contribution in [-0.4, -0.2) is 12.5 Å². The van der Waals surface area contributed by atoms with E-state index in [0.29, 0.717) is 6.54 Å². The summed E-state index contributed by atoms with van der Waals surface area (Å²) in [7, 11) is 0. The molecular weight excluding hydrogens is 282 g/mol. The van der Waals surface area contributed by atoms with Crippen LogP contribution in [0.3, 0.4) is 0 Å². The third-order valence-electron chi connectivity index (χ3n) is 3.50. The molecule has 0 radical (unpaired) electrons. The van der Waals surface area contributed by atoms with Gasteiger partial charge < -0.3 is 5.32 Å². The third-order valence-corrected chi connectivity index (χ3v) is 3.87. The van der Waals surface area contributed by atoms with Crippen LogP contribution in [0.15, 0.2) is 42.5 Å². The van der Waals surface area contributed by atoms with Crippen molar-refractivity contribution in [3.05, 3.63) is 69.7 Å². The van der Waals surface area contributed by atoms with E-state index in [9.17, 15) is 4.79 Å². The molecule has 0 aliphatic rings. The standard InChI is InChI=1S/C18H20ClNO/c1-13-9-10-14(2)16(12-13)18(21)20-11-5-7-15-6-3-4-8-17(15)19/h3-4,6,8-10,12H,5,7,11H2,1-2H3,(H,20,21). The second kappa shape index (κ2) is 7.28. The molecule has 3 heteroatoms. The zero-order valence-corrected chi connectivity index (χ0v) is 13.2. The molecule has 0 saturated carbocycles. The molecule has 0 saturated heterocycles. The summed E-state index contributed by atoms with van der Waals surface area (Å²) >= 11 is 6.11. The van der Waals surface area contributed by atoms with Crippen LogP contribution in [0.1, 0.15) is 33.5 Å². The number of rotatable bonds is 5. The van der Waals surface area contributed by atoms with Gasteiger partial charge in [0.25, 0.3) is 5.91 Å². The lowest BCUT2D eigenvalue weighted by Crippen LogP contribution is -2.25. The van der Waals surface area contributed by atoms with Gasteiger partial charge in [0.1, 0.15) is 0 Å². The number of benzene rings is 2. The molecule has 0 heterocycles. The van der Waals surface area contributed by atoms with Crippen LogP contribution in [0.5, 0.6) is 0 Å². The van der Waals surface area contributed by atoms with E-state index in [-0.39, 0.29) is 5.91 Å². The molecule has 1 N–H and O–H groups in total. The summed E-state index contributed by atoms with van der Waals surface area (Å²) < 4.78 is 0. The van der Waals surface area contributed by atoms with Crippen molar-refractivity contribution in [1.29, 1.82) is 0 Å². The van der Waals surface area contributed by atoms with E-state index in [4.69, 9.17) is 11.6 Å². The van der Waals surface area contributed by atoms with Crippen molar-refractivity contribution in [2.45, 2.75) is 26.7 Å². The summed E-state index contributed by atoms with van der Waals surface area (Å²) in [5.74, 6) is -0.00430. The minimum Gasteiger partial charge on any atom is -0.352 e. The van der Waals surface area contributed by atoms with Gasteiger partial charge in [-0.2, -0.15) is 0 Å². The Morgan fingerprint density at radius 2 is 1.90 bits per heavy atom. The molecule has 1 amide bonds. The number of amides is 1. The Bertz CT molecular complexity index is 637. The third kappa shape index (κ3) is 4.33. The summed E-state index contributed by atoms with van der Waals surface area (Å²) in [5.41, 5.74) is 3.99. The molecule has 0 unspecified atom stereocenters. The number of hydrogen-bond donors (Lipinski definition) is 1. The first-order chi connectivity index (χ1) is 10.1. The molecular formula is C18H20ClNO. The molecule has 2 nitrogen and oxygen atoms in total. The van der Waals surface area contributed by atoms with Gasteiger partial charge in [0.2, 0.25) is 0 Å². The second-order valence-corrected chi connectivity index (χ2v) is 5.68. The minimum absolute atomic E-state index is 0.00430. The maximum Gasteiger partial charge on any atom is 0.251 e. The fraction of sp³-hybridized carbons (Fsp3) is 0.278. The van der Waals surface area contributed by atoms with Crippen molar-refractivity contribution >= 4 is 17.5 Å². The number of carbonyl (C=O) groups excluding carboxylic acids is 1. The SMILES string of the molecule is Cc1ccc(C)c(C(=O)NCCCc2ccccc2Cl)c1. The van der Waals surface area contributed by atoms with Crippen LogP contribution < -0.4 is 5.32 Å². The first-order valence-corrected chi connectivity index (χ1v) is 7.54. The zero-order chi connectivity index (χ0) is 15.2. The van der Waals surface area contributed by atoms with E-state index < -0.39 is 0 Å². The van der Waals surface area contributed by atoms with Gasteiger partial charge in [-0.25, -0.2) is 0 Å². The van der Waals surface area contributed by atoms with Crippen LogP contribution in [0.25, 0.3) is 0 Å². The molecule has 110 valence electrons. The smallest absolute Gasteiger partial charge is 0.251 e. The fourth-order valence-corrected chi connectivity index (χ4v) is 2.49. The van der Waals surface area contributed by atoms with Crippen molar-refractivity contribution in [3.8, 4) is 0 Å². The van der Waals surface area contributed by atoms with E-state index in [1.807, 2.05) is 56.3 Å². The highest BCUT2D eigenvalue weighted by Gasteiger charge is 2.08. The summed E-state index contributed by atoms with van der Waals surface area (Å²) in [4.78, 5) is 12.2. The van der Waals surface area contributed by atoms with Crippen molar-refractivity contribution in [2.75, 3.05) is 6.54 Å². The number of halogens is 1. The lowest BCUT2D eigenvalue weighted by molar-refractivity contribution is 0.0952. The molecule has 0 aromatic heterocycles. The molecule has 0 aliphatic carbocycles. The quantitative estimate of drug-likeness (QED) is 0.819. The molecule has 0 bridgehead atoms. The topological polar surface area (TPSA) is 29.1 Å². The Labute approximate surface area is 131 Å². The monoisotopic (exact) mass is 301 g/mol. The van der Waals surface area contributed by atoms with Gasteiger partial charge in [-0.1, -0.05) is 47.5 Å². The Morgan fingerprint density at radius 1 is 1.14 bits per heavy atom. The van der Waals surface area contributed by atoms with E-state index in [0.717, 1.165) is 40.1 Å². The molecule has 2 rings (SSSR count). The van der Waals surface area contributed by atoms with Gasteiger partial charge in [0.15, 0.2) is 0 Å². The van der Waals surface area contributed by atoms with Crippen molar-refractivity contribution in [2.24, 2.45) is 0 Å². The molecule has 0 spiro atoms. The predicted molar refractivity (Wildman–Crippen MR) is 88.0 cm³/mol. The lowest BCUT2D eigenvalue weighted by Gasteiger charge is -2.09. The van der Waals surface area contributed by atoms with Crippen LogP contribution in [0, 0.1) is 13.8 Å². The molecule has 0 atom stereocenters. The fourth-order valence-electron chi connectivity index (χ4n) is 2.26. The lowest BCUT2D eigenvalue weighted by atomic mass is 10.0. The van der Waals surface area contributed by atoms with Crippen LogP contribution in [0.2, 0.25) is 5.02 Å². The molecule has 2 aromatic carbocycles. The number of aryl methyl sites for hydroxylation is 3. The zero-order valence-electron chi connectivity index (χ0n) is 12.4. The summed E-state index contributed by atoms with van der Waals surface area (Å²) in [6.45, 7) is 4.60. The first-order valence-electron chi connectivity index (χ1n) is 7.17. The van der Waals surface area contributed by atoms with Crippen LogP contribution in [0.4, 0.5) is 0 Å². The summed E-state index contributed by atoms with van der Waals surface area (Å²) in [6, 6.07) is 13.8. The highest BCUT2D eigenvalue weighted by atomic mass is 35.5. The largest absolute Gasteiger partial charge is 0.352 e. The molecule has 0 fully saturated rings. The molecule has 0 aliphatic heterocycles. The van der Waals surface area contributed by atoms with Gasteiger partial charge in [-0.15, -0.1) is 0 Å². The number of hydrogen-bond acceptors (Lipinski definition) is 1. The highest BCUT2D eigenvalue weighted by molar-refractivity contribution is 6.31. The Morgan fingerprint density at radius 3 is 2.67 bits per heavy atom. The minimum atomic E-state index is -0.00430. The van der Waals surface area contributed by atoms with Crippen LogP contribution in [-0.2, 0) is 6.42 Å². The Kier molecular flexibility index (Phi) is 5.40. The molecule has 21 heavy (non-hydrogen) atoms. The normalized spacial score (nSPS) is 10.4. The van der Waals surface area contributed by atoms with Gasteiger partial charge in [-0.05, 0) is 49.9 Å². The van der Waals surface area contributed by atoms with E-state index in [2.05, 4.69) is 5.32 Å². The van der Waals surface area contributed by atoms with Gasteiger partial charge in [0.05, 0.1) is 0 Å². The van der Waals surface area contributed by atoms with Gasteiger partial charge >= 0.3 is 0 Å². The Hall–Kier alpha value is -1.80. The summed E-state index contributed by atoms with van der Waals surface area (Å²) in [5, 5.41) is 3.76. The molecule has 2 aromatic rings. The van der Waals surface area contributed by atoms with Gasteiger partial charge in [0, 0.05) is 17.1 Å². The highest BCUT2D eigenvalue weighted by Crippen LogP contribution is 2.16. The number of carbonyl (C=O) groups is 1. The maximum absolute atomic E-state index is 12.2. The second-order valence-electron chi connectivity index (χ2n) is 5.27. The van der Waals surface area contributed by atoms with Crippen molar-refractivity contribution in [3.63, 3.8) is 0 Å². The average Bonchev–Trinajstić information content (AvgIpc) is 2.47. The van der Waals surface area contributed by atoms with E-state index in [1.165, 1.54) is 0 Å². The van der Waals surface area contributed by atoms with E-state index in [1.54, 1.807) is 0 Å². The van der Waals surface area contributed by atoms with Gasteiger partial charge in [-0.3, -0.25) is 4.79 Å².